The molecule has 0 saturated carbocycles. The molecule has 0 aliphatic carbocycles. The van der Waals surface area contributed by atoms with Gasteiger partial charge in [0.1, 0.15) is 0 Å². The number of hydrogen-bond donors (Lipinski definition) is 2. The first-order valence-corrected chi connectivity index (χ1v) is 5.18. The molecule has 0 saturated heterocycles. The molecule has 0 spiro atoms. The zero-order valence-electron chi connectivity index (χ0n) is 9.08. The normalized spacial score (nSPS) is 11.6. The van der Waals surface area contributed by atoms with E-state index < -0.39 is 0 Å². The Morgan fingerprint density at radius 3 is 1.88 bits per heavy atom. The Hall–Kier alpha value is -1.52. The molecule has 4 heteroatoms. The third kappa shape index (κ3) is 4.82. The Morgan fingerprint density at radius 1 is 0.938 bits per heavy atom. The van der Waals surface area contributed by atoms with Crippen molar-refractivity contribution in [2.75, 3.05) is 26.3 Å². The van der Waals surface area contributed by atoms with Gasteiger partial charge in [0.2, 0.25) is 0 Å². The molecule has 0 unspecified atom stereocenters. The van der Waals surface area contributed by atoms with E-state index in [1.807, 2.05) is 24.3 Å². The first-order chi connectivity index (χ1) is 7.86. The molecule has 16 heavy (non-hydrogen) atoms. The first kappa shape index (κ1) is 12.5. The van der Waals surface area contributed by atoms with Crippen molar-refractivity contribution in [3.8, 4) is 0 Å². The van der Waals surface area contributed by atoms with Crippen LogP contribution in [0, 0.1) is 0 Å². The topological polar surface area (TPSA) is 65.2 Å². The molecule has 0 fully saturated rings. The number of aliphatic hydroxyl groups is 2. The molecule has 0 aromatic heterocycles. The van der Waals surface area contributed by atoms with E-state index in [0.29, 0.717) is 13.1 Å². The van der Waals surface area contributed by atoms with Gasteiger partial charge in [-0.15, -0.1) is 0 Å². The van der Waals surface area contributed by atoms with Crippen LogP contribution >= 0.6 is 0 Å². The Labute approximate surface area is 95.0 Å². The maximum Gasteiger partial charge on any atom is 0.0626 e. The van der Waals surface area contributed by atoms with Crippen LogP contribution in [0.15, 0.2) is 34.3 Å². The highest BCUT2D eigenvalue weighted by molar-refractivity contribution is 5.86. The molecule has 0 atom stereocenters. The summed E-state index contributed by atoms with van der Waals surface area (Å²) in [6.45, 7) is 0.966. The van der Waals surface area contributed by atoms with Crippen LogP contribution in [0.5, 0.6) is 0 Å². The summed E-state index contributed by atoms with van der Waals surface area (Å²) in [6.07, 6.45) is 3.44. The highest BCUT2D eigenvalue weighted by atomic mass is 16.3. The molecule has 2 N–H and O–H groups in total. The van der Waals surface area contributed by atoms with E-state index in [0.717, 1.165) is 11.1 Å². The van der Waals surface area contributed by atoms with E-state index in [1.165, 1.54) is 0 Å². The third-order valence-electron chi connectivity index (χ3n) is 1.85. The van der Waals surface area contributed by atoms with Crippen molar-refractivity contribution < 1.29 is 10.2 Å². The summed E-state index contributed by atoms with van der Waals surface area (Å²) in [5, 5.41) is 17.2. The Morgan fingerprint density at radius 2 is 1.44 bits per heavy atom. The maximum absolute atomic E-state index is 8.58. The van der Waals surface area contributed by atoms with Crippen LogP contribution in [0.3, 0.4) is 0 Å². The molecular weight excluding hydrogens is 204 g/mol. The van der Waals surface area contributed by atoms with Crippen molar-refractivity contribution in [1.82, 2.24) is 0 Å². The lowest BCUT2D eigenvalue weighted by Gasteiger charge is -1.96. The fraction of sp³-hybridized carbons (Fsp3) is 0.333. The summed E-state index contributed by atoms with van der Waals surface area (Å²) in [5.41, 5.74) is 1.95. The van der Waals surface area contributed by atoms with E-state index in [9.17, 15) is 0 Å². The molecule has 1 aromatic rings. The van der Waals surface area contributed by atoms with Crippen LogP contribution in [0.2, 0.25) is 0 Å². The minimum atomic E-state index is 0.0636. The van der Waals surface area contributed by atoms with Crippen LogP contribution in [0.4, 0.5) is 0 Å². The zero-order chi connectivity index (χ0) is 11.6. The SMILES string of the molecule is OCCN=Cc1cccc(C=NCCO)c1. The Bertz CT molecular complexity index is 331. The summed E-state index contributed by atoms with van der Waals surface area (Å²) in [4.78, 5) is 8.08. The van der Waals surface area contributed by atoms with Gasteiger partial charge >= 0.3 is 0 Å². The van der Waals surface area contributed by atoms with Gasteiger partial charge in [-0.25, -0.2) is 0 Å². The molecule has 0 heterocycles. The van der Waals surface area contributed by atoms with Gasteiger partial charge < -0.3 is 10.2 Å². The summed E-state index contributed by atoms with van der Waals surface area (Å²) >= 11 is 0. The van der Waals surface area contributed by atoms with Gasteiger partial charge in [-0.3, -0.25) is 9.98 Å². The van der Waals surface area contributed by atoms with Gasteiger partial charge in [0.15, 0.2) is 0 Å². The maximum atomic E-state index is 8.58. The second-order valence-corrected chi connectivity index (χ2v) is 3.19. The van der Waals surface area contributed by atoms with Crippen LogP contribution in [-0.4, -0.2) is 48.9 Å². The van der Waals surface area contributed by atoms with E-state index in [2.05, 4.69) is 9.98 Å². The quantitative estimate of drug-likeness (QED) is 0.686. The highest BCUT2D eigenvalue weighted by Crippen LogP contribution is 2.00. The molecular formula is C12H16N2O2. The average molecular weight is 220 g/mol. The van der Waals surface area contributed by atoms with E-state index in [1.54, 1.807) is 12.4 Å². The van der Waals surface area contributed by atoms with E-state index >= 15 is 0 Å². The second kappa shape index (κ2) is 7.73. The van der Waals surface area contributed by atoms with Gasteiger partial charge in [-0.05, 0) is 17.2 Å². The molecule has 1 aromatic carbocycles. The van der Waals surface area contributed by atoms with Gasteiger partial charge in [0.25, 0.3) is 0 Å². The highest BCUT2D eigenvalue weighted by Gasteiger charge is 1.90. The summed E-state index contributed by atoms with van der Waals surface area (Å²) in [7, 11) is 0. The molecule has 0 radical (unpaired) electrons. The van der Waals surface area contributed by atoms with Gasteiger partial charge in [-0.1, -0.05) is 18.2 Å². The number of hydrogen-bond acceptors (Lipinski definition) is 4. The van der Waals surface area contributed by atoms with Crippen molar-refractivity contribution in [1.29, 1.82) is 0 Å². The van der Waals surface area contributed by atoms with Gasteiger partial charge in [-0.2, -0.15) is 0 Å². The molecule has 0 aliphatic rings. The minimum Gasteiger partial charge on any atom is -0.394 e. The Balaban J connectivity index is 2.63. The number of rotatable bonds is 6. The standard InChI is InChI=1S/C12H16N2O2/c15-6-4-13-9-11-2-1-3-12(8-11)10-14-5-7-16/h1-3,8-10,15-16H,4-7H2. The van der Waals surface area contributed by atoms with Crippen LogP contribution in [-0.2, 0) is 0 Å². The minimum absolute atomic E-state index is 0.0636. The fourth-order valence-electron chi connectivity index (χ4n) is 1.17. The second-order valence-electron chi connectivity index (χ2n) is 3.19. The molecule has 0 amide bonds. The van der Waals surface area contributed by atoms with Gasteiger partial charge in [0.05, 0.1) is 26.3 Å². The first-order valence-electron chi connectivity index (χ1n) is 5.18. The summed E-state index contributed by atoms with van der Waals surface area (Å²) < 4.78 is 0. The fourth-order valence-corrected chi connectivity index (χ4v) is 1.17. The largest absolute Gasteiger partial charge is 0.394 e. The van der Waals surface area contributed by atoms with Crippen molar-refractivity contribution >= 4 is 12.4 Å². The van der Waals surface area contributed by atoms with Crippen LogP contribution in [0.25, 0.3) is 0 Å². The number of benzene rings is 1. The van der Waals surface area contributed by atoms with Crippen LogP contribution < -0.4 is 0 Å². The lowest BCUT2D eigenvalue weighted by atomic mass is 10.1. The van der Waals surface area contributed by atoms with Crippen LogP contribution in [0.1, 0.15) is 11.1 Å². The monoisotopic (exact) mass is 220 g/mol. The van der Waals surface area contributed by atoms with Gasteiger partial charge in [0, 0.05) is 12.4 Å². The lowest BCUT2D eigenvalue weighted by molar-refractivity contribution is 0.307. The number of nitrogens with zero attached hydrogens (tertiary/aromatic N) is 2. The average Bonchev–Trinajstić information content (AvgIpc) is 2.30. The summed E-state index contributed by atoms with van der Waals surface area (Å²) in [6, 6.07) is 7.73. The number of aliphatic hydroxyl groups excluding tert-OH is 2. The molecule has 0 aliphatic heterocycles. The number of aliphatic imine (C=N–C) groups is 2. The van der Waals surface area contributed by atoms with E-state index in [-0.39, 0.29) is 13.2 Å². The zero-order valence-corrected chi connectivity index (χ0v) is 9.08. The van der Waals surface area contributed by atoms with Crippen molar-refractivity contribution in [2.45, 2.75) is 0 Å². The molecule has 4 nitrogen and oxygen atoms in total. The predicted molar refractivity (Wildman–Crippen MR) is 65.5 cm³/mol. The van der Waals surface area contributed by atoms with E-state index in [4.69, 9.17) is 10.2 Å². The lowest BCUT2D eigenvalue weighted by Crippen LogP contribution is -1.92. The van der Waals surface area contributed by atoms with Crippen molar-refractivity contribution in [2.24, 2.45) is 9.98 Å². The van der Waals surface area contributed by atoms with Crippen molar-refractivity contribution in [3.05, 3.63) is 35.4 Å². The summed E-state index contributed by atoms with van der Waals surface area (Å²) in [5.74, 6) is 0. The van der Waals surface area contributed by atoms with Crippen molar-refractivity contribution in [3.63, 3.8) is 0 Å². The smallest absolute Gasteiger partial charge is 0.0626 e. The molecule has 1 rings (SSSR count). The molecule has 0 bridgehead atoms. The third-order valence-corrected chi connectivity index (χ3v) is 1.85. The Kier molecular flexibility index (Phi) is 6.06. The predicted octanol–water partition coefficient (Wildman–Crippen LogP) is 0.509. The molecule has 86 valence electrons.